The van der Waals surface area contributed by atoms with E-state index in [-0.39, 0.29) is 0 Å². The second kappa shape index (κ2) is 5.26. The van der Waals surface area contributed by atoms with Crippen LogP contribution in [-0.2, 0) is 6.54 Å². The third kappa shape index (κ3) is 2.32. The number of likely N-dealkylation sites (N-methyl/N-ethyl adjacent to an activating group) is 1. The van der Waals surface area contributed by atoms with E-state index < -0.39 is 0 Å². The van der Waals surface area contributed by atoms with E-state index in [2.05, 4.69) is 54.8 Å². The lowest BCUT2D eigenvalue weighted by atomic mass is 9.98. The Morgan fingerprint density at radius 2 is 1.89 bits per heavy atom. The molecule has 1 heterocycles. The van der Waals surface area contributed by atoms with Crippen LogP contribution in [0.4, 0.5) is 0 Å². The Morgan fingerprint density at radius 3 is 2.53 bits per heavy atom. The summed E-state index contributed by atoms with van der Waals surface area (Å²) in [5.74, 6) is 0. The summed E-state index contributed by atoms with van der Waals surface area (Å²) < 4.78 is 0. The summed E-state index contributed by atoms with van der Waals surface area (Å²) in [6.07, 6.45) is 2.80. The minimum atomic E-state index is 0.601. The minimum absolute atomic E-state index is 0.601. The van der Waals surface area contributed by atoms with Gasteiger partial charge in [-0.15, -0.1) is 0 Å². The molecule has 2 unspecified atom stereocenters. The summed E-state index contributed by atoms with van der Waals surface area (Å²) >= 11 is 0. The van der Waals surface area contributed by atoms with Gasteiger partial charge in [-0.1, -0.05) is 38.1 Å². The third-order valence-corrected chi connectivity index (χ3v) is 4.95. The molecule has 104 valence electrons. The molecule has 0 aromatic heterocycles. The first kappa shape index (κ1) is 13.1. The van der Waals surface area contributed by atoms with Crippen molar-refractivity contribution >= 4 is 0 Å². The maximum Gasteiger partial charge on any atom is 0.0510 e. The lowest BCUT2D eigenvalue weighted by Crippen LogP contribution is -2.42. The van der Waals surface area contributed by atoms with Gasteiger partial charge < -0.3 is 0 Å². The van der Waals surface area contributed by atoms with Crippen molar-refractivity contribution in [2.45, 2.75) is 58.3 Å². The topological polar surface area (TPSA) is 6.48 Å². The van der Waals surface area contributed by atoms with E-state index in [1.807, 2.05) is 0 Å². The van der Waals surface area contributed by atoms with Gasteiger partial charge in [0.25, 0.3) is 0 Å². The first-order valence-electron chi connectivity index (χ1n) is 7.83. The molecule has 1 aromatic carbocycles. The van der Waals surface area contributed by atoms with Gasteiger partial charge in [-0.05, 0) is 44.0 Å². The molecule has 2 heteroatoms. The Morgan fingerprint density at radius 1 is 1.21 bits per heavy atom. The van der Waals surface area contributed by atoms with Crippen molar-refractivity contribution in [3.63, 3.8) is 0 Å². The highest BCUT2D eigenvalue weighted by Gasteiger charge is 2.42. The molecular formula is C17H26N2. The van der Waals surface area contributed by atoms with Crippen molar-refractivity contribution in [2.24, 2.45) is 0 Å². The van der Waals surface area contributed by atoms with Gasteiger partial charge in [0.2, 0.25) is 0 Å². The number of hydrogen-bond donors (Lipinski definition) is 0. The van der Waals surface area contributed by atoms with Crippen LogP contribution in [0.2, 0.25) is 0 Å². The molecule has 0 bridgehead atoms. The Hall–Kier alpha value is -0.860. The molecule has 0 amide bonds. The summed E-state index contributed by atoms with van der Waals surface area (Å²) in [6, 6.07) is 11.1. The molecule has 2 atom stereocenters. The average molecular weight is 258 g/mol. The fourth-order valence-corrected chi connectivity index (χ4v) is 3.74. The number of benzene rings is 1. The van der Waals surface area contributed by atoms with E-state index in [0.29, 0.717) is 12.1 Å². The quantitative estimate of drug-likeness (QED) is 0.798. The van der Waals surface area contributed by atoms with Crippen LogP contribution in [0.3, 0.4) is 0 Å². The Kier molecular flexibility index (Phi) is 3.64. The first-order chi connectivity index (χ1) is 9.26. The highest BCUT2D eigenvalue weighted by Crippen LogP contribution is 2.44. The molecule has 3 rings (SSSR count). The molecule has 0 spiro atoms. The number of nitrogens with zero attached hydrogens (tertiary/aromatic N) is 2. The molecule has 19 heavy (non-hydrogen) atoms. The summed E-state index contributed by atoms with van der Waals surface area (Å²) in [6.45, 7) is 10.4. The molecule has 0 N–H and O–H groups in total. The predicted molar refractivity (Wildman–Crippen MR) is 80.1 cm³/mol. The van der Waals surface area contributed by atoms with E-state index in [1.54, 1.807) is 11.1 Å². The van der Waals surface area contributed by atoms with Crippen LogP contribution < -0.4 is 0 Å². The Balaban J connectivity index is 1.90. The van der Waals surface area contributed by atoms with E-state index in [0.717, 1.165) is 25.7 Å². The molecule has 0 radical (unpaired) electrons. The zero-order valence-corrected chi connectivity index (χ0v) is 12.5. The maximum atomic E-state index is 2.76. The fraction of sp³-hybridized carbons (Fsp3) is 0.647. The van der Waals surface area contributed by atoms with Crippen LogP contribution in [-0.4, -0.2) is 35.0 Å². The monoisotopic (exact) mass is 258 g/mol. The molecule has 2 nitrogen and oxygen atoms in total. The van der Waals surface area contributed by atoms with Gasteiger partial charge >= 0.3 is 0 Å². The summed E-state index contributed by atoms with van der Waals surface area (Å²) in [5.41, 5.74) is 3.13. The Bertz CT molecular complexity index is 435. The minimum Gasteiger partial charge on any atom is -0.299 e. The third-order valence-electron chi connectivity index (χ3n) is 4.95. The fourth-order valence-electron chi connectivity index (χ4n) is 3.74. The van der Waals surface area contributed by atoms with Crippen molar-refractivity contribution in [1.29, 1.82) is 0 Å². The van der Waals surface area contributed by atoms with Crippen LogP contribution in [0, 0.1) is 0 Å². The smallest absolute Gasteiger partial charge is 0.0510 e. The highest BCUT2D eigenvalue weighted by molar-refractivity contribution is 5.35. The summed E-state index contributed by atoms with van der Waals surface area (Å²) in [4.78, 5) is 5.36. The van der Waals surface area contributed by atoms with Gasteiger partial charge in [0.15, 0.2) is 0 Å². The second-order valence-corrected chi connectivity index (χ2v) is 6.01. The molecule has 1 aliphatic carbocycles. The van der Waals surface area contributed by atoms with Crippen molar-refractivity contribution in [2.75, 3.05) is 13.1 Å². The average Bonchev–Trinajstić information content (AvgIpc) is 3.20. The number of rotatable bonds is 5. The molecule has 1 aliphatic heterocycles. The van der Waals surface area contributed by atoms with Gasteiger partial charge in [0.1, 0.15) is 0 Å². The van der Waals surface area contributed by atoms with E-state index in [1.165, 1.54) is 12.8 Å². The van der Waals surface area contributed by atoms with Crippen molar-refractivity contribution in [1.82, 2.24) is 9.80 Å². The zero-order chi connectivity index (χ0) is 13.4. The van der Waals surface area contributed by atoms with Crippen LogP contribution in [0.1, 0.15) is 50.8 Å². The van der Waals surface area contributed by atoms with Gasteiger partial charge in [0, 0.05) is 18.6 Å². The van der Waals surface area contributed by atoms with Crippen molar-refractivity contribution in [3.05, 3.63) is 35.4 Å². The molecule has 1 saturated carbocycles. The highest BCUT2D eigenvalue weighted by atomic mass is 15.3. The van der Waals surface area contributed by atoms with E-state index in [9.17, 15) is 0 Å². The molecule has 2 aliphatic rings. The SMILES string of the molecule is CCN(CC)C(C)C1c2ccccc2CN1C1CC1. The molecular weight excluding hydrogens is 232 g/mol. The van der Waals surface area contributed by atoms with Crippen LogP contribution >= 0.6 is 0 Å². The van der Waals surface area contributed by atoms with Crippen molar-refractivity contribution in [3.8, 4) is 0 Å². The van der Waals surface area contributed by atoms with E-state index in [4.69, 9.17) is 0 Å². The van der Waals surface area contributed by atoms with Crippen LogP contribution in [0.25, 0.3) is 0 Å². The molecule has 1 aromatic rings. The Labute approximate surface area is 117 Å². The van der Waals surface area contributed by atoms with E-state index >= 15 is 0 Å². The maximum absolute atomic E-state index is 2.76. The largest absolute Gasteiger partial charge is 0.299 e. The van der Waals surface area contributed by atoms with Gasteiger partial charge in [0.05, 0.1) is 6.04 Å². The molecule has 1 fully saturated rings. The van der Waals surface area contributed by atoms with Crippen molar-refractivity contribution < 1.29 is 0 Å². The van der Waals surface area contributed by atoms with Gasteiger partial charge in [-0.2, -0.15) is 0 Å². The van der Waals surface area contributed by atoms with Crippen LogP contribution in [0.5, 0.6) is 0 Å². The normalized spacial score (nSPS) is 24.7. The molecule has 0 saturated heterocycles. The van der Waals surface area contributed by atoms with Gasteiger partial charge in [-0.25, -0.2) is 0 Å². The lowest BCUT2D eigenvalue weighted by molar-refractivity contribution is 0.0964. The lowest BCUT2D eigenvalue weighted by Gasteiger charge is -2.37. The number of hydrogen-bond acceptors (Lipinski definition) is 2. The second-order valence-electron chi connectivity index (χ2n) is 6.01. The number of fused-ring (bicyclic) bond motifs is 1. The summed E-state index contributed by atoms with van der Waals surface area (Å²) in [7, 11) is 0. The van der Waals surface area contributed by atoms with Gasteiger partial charge in [-0.3, -0.25) is 9.80 Å². The van der Waals surface area contributed by atoms with Crippen LogP contribution in [0.15, 0.2) is 24.3 Å². The zero-order valence-electron chi connectivity index (χ0n) is 12.5. The first-order valence-corrected chi connectivity index (χ1v) is 7.83. The predicted octanol–water partition coefficient (Wildman–Crippen LogP) is 3.44. The summed E-state index contributed by atoms with van der Waals surface area (Å²) in [5, 5.41) is 0. The standard InChI is InChI=1S/C17H26N2/c1-4-18(5-2)13(3)17-16-9-7-6-8-14(16)12-19(17)15-10-11-15/h6-9,13,15,17H,4-5,10-12H2,1-3H3.